The first-order valence-corrected chi connectivity index (χ1v) is 11.3. The van der Waals surface area contributed by atoms with Crippen molar-refractivity contribution in [3.8, 4) is 0 Å². The van der Waals surface area contributed by atoms with E-state index in [0.29, 0.717) is 11.5 Å². The molecule has 1 amide bonds. The van der Waals surface area contributed by atoms with Crippen molar-refractivity contribution in [3.63, 3.8) is 0 Å². The molecule has 3 aliphatic carbocycles. The van der Waals surface area contributed by atoms with Gasteiger partial charge >= 0.3 is 0 Å². The van der Waals surface area contributed by atoms with Gasteiger partial charge in [0.25, 0.3) is 5.91 Å². The van der Waals surface area contributed by atoms with Crippen LogP contribution >= 0.6 is 0 Å². The average molecular weight is 377 g/mol. The summed E-state index contributed by atoms with van der Waals surface area (Å²) in [5.74, 6) is 1.97. The molecule has 3 fully saturated rings. The lowest BCUT2D eigenvalue weighted by atomic mass is 9.84. The van der Waals surface area contributed by atoms with Crippen molar-refractivity contribution in [1.82, 2.24) is 10.0 Å². The number of sulfonamides is 1. The third-order valence-electron chi connectivity index (χ3n) is 6.46. The Bertz CT molecular complexity index is 816. The summed E-state index contributed by atoms with van der Waals surface area (Å²) in [6.07, 6.45) is 6.93. The fraction of sp³-hybridized carbons (Fsp3) is 0.650. The molecule has 142 valence electrons. The molecule has 26 heavy (non-hydrogen) atoms. The molecule has 0 heterocycles. The molecule has 3 aliphatic rings. The first kappa shape index (κ1) is 18.0. The smallest absolute Gasteiger partial charge is 0.251 e. The largest absolute Gasteiger partial charge is 0.349 e. The van der Waals surface area contributed by atoms with Gasteiger partial charge in [-0.05, 0) is 81.4 Å². The Morgan fingerprint density at radius 2 is 1.92 bits per heavy atom. The van der Waals surface area contributed by atoms with E-state index in [2.05, 4.69) is 17.0 Å². The van der Waals surface area contributed by atoms with Crippen molar-refractivity contribution in [2.75, 3.05) is 0 Å². The molecular formula is C20H28N2O3S. The fourth-order valence-electron chi connectivity index (χ4n) is 4.80. The van der Waals surface area contributed by atoms with Gasteiger partial charge in [-0.15, -0.1) is 0 Å². The van der Waals surface area contributed by atoms with Crippen molar-refractivity contribution in [2.24, 2.45) is 17.8 Å². The molecule has 4 atom stereocenters. The summed E-state index contributed by atoms with van der Waals surface area (Å²) in [5.41, 5.74) is 1.26. The van der Waals surface area contributed by atoms with E-state index in [1.807, 2.05) is 6.92 Å². The van der Waals surface area contributed by atoms with Crippen molar-refractivity contribution < 1.29 is 13.2 Å². The number of fused-ring (bicyclic) bond motifs is 2. The molecule has 2 bridgehead atoms. The molecule has 4 unspecified atom stereocenters. The fourth-order valence-corrected chi connectivity index (χ4v) is 6.13. The van der Waals surface area contributed by atoms with Gasteiger partial charge in [-0.1, -0.05) is 12.5 Å². The van der Waals surface area contributed by atoms with Crippen molar-refractivity contribution in [3.05, 3.63) is 29.3 Å². The summed E-state index contributed by atoms with van der Waals surface area (Å²) >= 11 is 0. The summed E-state index contributed by atoms with van der Waals surface area (Å²) in [6.45, 7) is 3.94. The lowest BCUT2D eigenvalue weighted by Crippen LogP contribution is -2.40. The van der Waals surface area contributed by atoms with Crippen molar-refractivity contribution >= 4 is 15.9 Å². The second kappa shape index (κ2) is 6.64. The maximum atomic E-state index is 12.8. The molecule has 6 heteroatoms. The molecule has 4 rings (SSSR count). The van der Waals surface area contributed by atoms with Crippen LogP contribution in [0, 0.1) is 24.7 Å². The Hall–Kier alpha value is -1.40. The van der Waals surface area contributed by atoms with Crippen LogP contribution < -0.4 is 10.0 Å². The Balaban J connectivity index is 1.49. The maximum absolute atomic E-state index is 12.8. The monoisotopic (exact) mass is 376 g/mol. The van der Waals surface area contributed by atoms with Gasteiger partial charge in [0, 0.05) is 17.6 Å². The summed E-state index contributed by atoms with van der Waals surface area (Å²) in [4.78, 5) is 13.0. The van der Waals surface area contributed by atoms with E-state index >= 15 is 0 Å². The molecule has 0 aliphatic heterocycles. The van der Waals surface area contributed by atoms with E-state index in [4.69, 9.17) is 0 Å². The first-order chi connectivity index (χ1) is 12.3. The zero-order valence-corrected chi connectivity index (χ0v) is 16.3. The second-order valence-electron chi connectivity index (χ2n) is 8.47. The van der Waals surface area contributed by atoms with Crippen LogP contribution in [0.4, 0.5) is 0 Å². The number of aryl methyl sites for hydroxylation is 1. The van der Waals surface area contributed by atoms with Crippen LogP contribution in [0.2, 0.25) is 0 Å². The predicted molar refractivity (Wildman–Crippen MR) is 100 cm³/mol. The highest BCUT2D eigenvalue weighted by molar-refractivity contribution is 7.89. The molecule has 0 spiro atoms. The Kier molecular flexibility index (Phi) is 4.59. The lowest BCUT2D eigenvalue weighted by molar-refractivity contribution is 0.0914. The standard InChI is InChI=1S/C20H28N2O3S/c1-12-3-8-17(26(24,25)22-16-6-7-16)11-18(12)20(23)21-13(2)19-10-14-4-5-15(19)9-14/h3,8,11,13-16,19,22H,4-7,9-10H2,1-2H3,(H,21,23). The van der Waals surface area contributed by atoms with Gasteiger partial charge in [-0.2, -0.15) is 0 Å². The molecule has 0 aromatic heterocycles. The van der Waals surface area contributed by atoms with Gasteiger partial charge in [0.1, 0.15) is 0 Å². The van der Waals surface area contributed by atoms with E-state index in [0.717, 1.165) is 30.2 Å². The topological polar surface area (TPSA) is 75.3 Å². The Labute approximate surface area is 156 Å². The normalized spacial score (nSPS) is 28.9. The summed E-state index contributed by atoms with van der Waals surface area (Å²) in [7, 11) is -3.55. The number of hydrogen-bond donors (Lipinski definition) is 2. The van der Waals surface area contributed by atoms with Crippen LogP contribution in [0.1, 0.15) is 61.4 Å². The van der Waals surface area contributed by atoms with Crippen LogP contribution in [-0.2, 0) is 10.0 Å². The summed E-state index contributed by atoms with van der Waals surface area (Å²) in [6, 6.07) is 5.00. The summed E-state index contributed by atoms with van der Waals surface area (Å²) < 4.78 is 27.6. The zero-order chi connectivity index (χ0) is 18.5. The van der Waals surface area contributed by atoms with Crippen molar-refractivity contribution in [1.29, 1.82) is 0 Å². The SMILES string of the molecule is Cc1ccc(S(=O)(=O)NC2CC2)cc1C(=O)NC(C)C1CC2CCC1C2. The molecular weight excluding hydrogens is 348 g/mol. The highest BCUT2D eigenvalue weighted by atomic mass is 32.2. The quantitative estimate of drug-likeness (QED) is 0.801. The molecule has 2 N–H and O–H groups in total. The minimum Gasteiger partial charge on any atom is -0.349 e. The van der Waals surface area contributed by atoms with Gasteiger partial charge in [-0.3, -0.25) is 4.79 Å². The Morgan fingerprint density at radius 1 is 1.15 bits per heavy atom. The predicted octanol–water partition coefficient (Wildman–Crippen LogP) is 2.99. The highest BCUT2D eigenvalue weighted by Crippen LogP contribution is 2.49. The van der Waals surface area contributed by atoms with Crippen molar-refractivity contribution in [2.45, 2.75) is 69.4 Å². The average Bonchev–Trinajstić information content (AvgIpc) is 3.13. The minimum absolute atomic E-state index is 0.0522. The Morgan fingerprint density at radius 3 is 2.54 bits per heavy atom. The van der Waals surface area contributed by atoms with Gasteiger partial charge < -0.3 is 5.32 Å². The van der Waals surface area contributed by atoms with E-state index < -0.39 is 10.0 Å². The molecule has 0 saturated heterocycles. The number of rotatable bonds is 6. The van der Waals surface area contributed by atoms with E-state index in [-0.39, 0.29) is 22.9 Å². The van der Waals surface area contributed by atoms with Gasteiger partial charge in [0.15, 0.2) is 0 Å². The number of carbonyl (C=O) groups is 1. The highest BCUT2D eigenvalue weighted by Gasteiger charge is 2.42. The molecule has 5 nitrogen and oxygen atoms in total. The lowest BCUT2D eigenvalue weighted by Gasteiger charge is -2.28. The van der Waals surface area contributed by atoms with Gasteiger partial charge in [0.05, 0.1) is 4.90 Å². The summed E-state index contributed by atoms with van der Waals surface area (Å²) in [5, 5.41) is 3.14. The number of hydrogen-bond acceptors (Lipinski definition) is 3. The number of carbonyl (C=O) groups excluding carboxylic acids is 1. The molecule has 3 saturated carbocycles. The van der Waals surface area contributed by atoms with Crippen LogP contribution in [0.5, 0.6) is 0 Å². The van der Waals surface area contributed by atoms with Crippen LogP contribution in [-0.4, -0.2) is 26.4 Å². The third kappa shape index (κ3) is 3.54. The van der Waals surface area contributed by atoms with E-state index in [9.17, 15) is 13.2 Å². The third-order valence-corrected chi connectivity index (χ3v) is 7.98. The number of amides is 1. The second-order valence-corrected chi connectivity index (χ2v) is 10.2. The van der Waals surface area contributed by atoms with Gasteiger partial charge in [0.2, 0.25) is 10.0 Å². The van der Waals surface area contributed by atoms with E-state index in [1.165, 1.54) is 31.7 Å². The molecule has 1 aromatic carbocycles. The number of benzene rings is 1. The van der Waals surface area contributed by atoms with Crippen LogP contribution in [0.25, 0.3) is 0 Å². The molecule has 0 radical (unpaired) electrons. The number of nitrogens with one attached hydrogen (secondary N) is 2. The van der Waals surface area contributed by atoms with E-state index in [1.54, 1.807) is 12.1 Å². The minimum atomic E-state index is -3.55. The van der Waals surface area contributed by atoms with Crippen LogP contribution in [0.15, 0.2) is 23.1 Å². The molecule has 1 aromatic rings. The van der Waals surface area contributed by atoms with Gasteiger partial charge in [-0.25, -0.2) is 13.1 Å². The van der Waals surface area contributed by atoms with Crippen LogP contribution in [0.3, 0.4) is 0 Å². The first-order valence-electron chi connectivity index (χ1n) is 9.77. The zero-order valence-electron chi connectivity index (χ0n) is 15.5. The maximum Gasteiger partial charge on any atom is 0.251 e.